The van der Waals surface area contributed by atoms with Crippen LogP contribution in [0.5, 0.6) is 0 Å². The number of aromatic amines is 1. The number of carbonyl (C=O) groups is 2. The van der Waals surface area contributed by atoms with E-state index in [-0.39, 0.29) is 5.75 Å². The quantitative estimate of drug-likeness (QED) is 0.636. The molecular weight excluding hydrogens is 240 g/mol. The van der Waals surface area contributed by atoms with Gasteiger partial charge in [0.1, 0.15) is 0 Å². The summed E-state index contributed by atoms with van der Waals surface area (Å²) in [5.41, 5.74) is 2.80. The Bertz CT molecular complexity index is 591. The van der Waals surface area contributed by atoms with Crippen LogP contribution in [0.4, 0.5) is 0 Å². The zero-order chi connectivity index (χ0) is 12.4. The fourth-order valence-electron chi connectivity index (χ4n) is 1.36. The number of carbonyl (C=O) groups excluding carboxylic acids is 1. The van der Waals surface area contributed by atoms with Crippen LogP contribution in [0.1, 0.15) is 5.56 Å². The highest BCUT2D eigenvalue weighted by molar-refractivity contribution is 7.99. The van der Waals surface area contributed by atoms with E-state index >= 15 is 0 Å². The number of Topliss-reactive ketones (excluding diaryl/α,β-unsaturated/α-hetero) is 1. The number of hydrogen-bond donors (Lipinski definition) is 2. The van der Waals surface area contributed by atoms with Gasteiger partial charge in [-0.25, -0.2) is 9.78 Å². The van der Waals surface area contributed by atoms with Crippen LogP contribution < -0.4 is 0 Å². The summed E-state index contributed by atoms with van der Waals surface area (Å²) in [4.78, 5) is 28.6. The fourth-order valence-corrected chi connectivity index (χ4v) is 2.10. The number of imidazole rings is 1. The number of H-pyrrole nitrogens is 1. The Morgan fingerprint density at radius 1 is 1.47 bits per heavy atom. The molecule has 17 heavy (non-hydrogen) atoms. The van der Waals surface area contributed by atoms with Crippen LogP contribution in [0.25, 0.3) is 11.0 Å². The van der Waals surface area contributed by atoms with E-state index in [9.17, 15) is 9.59 Å². The molecule has 1 aromatic carbocycles. The lowest BCUT2D eigenvalue weighted by Crippen LogP contribution is -2.14. The normalized spacial score (nSPS) is 10.6. The molecule has 5 nitrogen and oxygen atoms in total. The molecule has 0 amide bonds. The number of carboxylic acids is 1. The molecule has 1 aromatic heterocycles. The van der Waals surface area contributed by atoms with Crippen molar-refractivity contribution in [2.45, 2.75) is 12.1 Å². The highest BCUT2D eigenvalue weighted by Crippen LogP contribution is 2.20. The lowest BCUT2D eigenvalue weighted by atomic mass is 10.2. The predicted octanol–water partition coefficient (Wildman–Crippen LogP) is 1.62. The minimum absolute atomic E-state index is 0.117. The van der Waals surface area contributed by atoms with Crippen molar-refractivity contribution < 1.29 is 14.7 Å². The summed E-state index contributed by atoms with van der Waals surface area (Å²) in [6.45, 7) is 1.97. The van der Waals surface area contributed by atoms with Gasteiger partial charge in [0.25, 0.3) is 0 Å². The van der Waals surface area contributed by atoms with Gasteiger partial charge in [-0.15, -0.1) is 0 Å². The number of aryl methyl sites for hydroxylation is 1. The number of aromatic nitrogens is 2. The number of hydrogen-bond acceptors (Lipinski definition) is 4. The van der Waals surface area contributed by atoms with Gasteiger partial charge in [0.2, 0.25) is 5.78 Å². The van der Waals surface area contributed by atoms with E-state index in [1.807, 2.05) is 25.1 Å². The highest BCUT2D eigenvalue weighted by Gasteiger charge is 2.13. The van der Waals surface area contributed by atoms with Crippen molar-refractivity contribution in [1.29, 1.82) is 0 Å². The van der Waals surface area contributed by atoms with Gasteiger partial charge in [-0.3, -0.25) is 4.79 Å². The van der Waals surface area contributed by atoms with E-state index in [0.29, 0.717) is 5.16 Å². The van der Waals surface area contributed by atoms with Crippen LogP contribution in [0.2, 0.25) is 0 Å². The summed E-state index contributed by atoms with van der Waals surface area (Å²) in [6, 6.07) is 5.77. The second kappa shape index (κ2) is 4.58. The SMILES string of the molecule is Cc1ccc2nc(SCC(=O)C(=O)O)[nH]c2c1. The number of rotatable bonds is 4. The number of nitrogens with one attached hydrogen (secondary N) is 1. The van der Waals surface area contributed by atoms with Gasteiger partial charge in [-0.05, 0) is 24.6 Å². The molecule has 0 radical (unpaired) electrons. The molecule has 88 valence electrons. The van der Waals surface area contributed by atoms with Crippen LogP contribution in [0.15, 0.2) is 23.4 Å². The lowest BCUT2D eigenvalue weighted by molar-refractivity contribution is -0.147. The number of aliphatic carboxylic acids is 1. The van der Waals surface area contributed by atoms with Gasteiger partial charge >= 0.3 is 5.97 Å². The number of ketones is 1. The standard InChI is InChI=1S/C11H10N2O3S/c1-6-2-3-7-8(4-6)13-11(12-7)17-5-9(14)10(15)16/h2-4H,5H2,1H3,(H,12,13)(H,15,16). The van der Waals surface area contributed by atoms with Crippen LogP contribution >= 0.6 is 11.8 Å². The molecule has 0 bridgehead atoms. The zero-order valence-corrected chi connectivity index (χ0v) is 9.87. The Kier molecular flexibility index (Phi) is 3.14. The third kappa shape index (κ3) is 2.65. The molecule has 2 N–H and O–H groups in total. The molecule has 1 heterocycles. The average molecular weight is 250 g/mol. The average Bonchev–Trinajstić information content (AvgIpc) is 2.67. The molecule has 0 spiro atoms. The monoisotopic (exact) mass is 250 g/mol. The molecule has 2 aromatic rings. The first kappa shape index (κ1) is 11.7. The van der Waals surface area contributed by atoms with Gasteiger partial charge in [0, 0.05) is 0 Å². The number of nitrogens with zero attached hydrogens (tertiary/aromatic N) is 1. The first-order valence-corrected chi connectivity index (χ1v) is 5.90. The minimum Gasteiger partial charge on any atom is -0.475 e. The van der Waals surface area contributed by atoms with Crippen molar-refractivity contribution >= 4 is 34.5 Å². The van der Waals surface area contributed by atoms with Gasteiger partial charge in [-0.2, -0.15) is 0 Å². The van der Waals surface area contributed by atoms with Crippen LogP contribution in [-0.4, -0.2) is 32.6 Å². The van der Waals surface area contributed by atoms with Gasteiger partial charge in [-0.1, -0.05) is 17.8 Å². The molecule has 0 aliphatic carbocycles. The van der Waals surface area contributed by atoms with E-state index in [1.54, 1.807) is 0 Å². The maximum absolute atomic E-state index is 10.9. The summed E-state index contributed by atoms with van der Waals surface area (Å²) in [5, 5.41) is 9.00. The van der Waals surface area contributed by atoms with E-state index in [2.05, 4.69) is 9.97 Å². The van der Waals surface area contributed by atoms with Crippen molar-refractivity contribution in [3.8, 4) is 0 Å². The molecule has 6 heteroatoms. The van der Waals surface area contributed by atoms with Crippen molar-refractivity contribution in [3.05, 3.63) is 23.8 Å². The molecule has 0 saturated heterocycles. The Labute approximate surface area is 101 Å². The zero-order valence-electron chi connectivity index (χ0n) is 9.06. The Balaban J connectivity index is 2.14. The molecule has 2 rings (SSSR count). The molecule has 0 unspecified atom stereocenters. The van der Waals surface area contributed by atoms with Crippen molar-refractivity contribution in [2.24, 2.45) is 0 Å². The van der Waals surface area contributed by atoms with E-state index in [0.717, 1.165) is 28.4 Å². The Morgan fingerprint density at radius 3 is 2.94 bits per heavy atom. The second-order valence-electron chi connectivity index (χ2n) is 3.58. The molecular formula is C11H10N2O3S. The smallest absolute Gasteiger partial charge is 0.373 e. The summed E-state index contributed by atoms with van der Waals surface area (Å²) in [7, 11) is 0. The minimum atomic E-state index is -1.41. The highest BCUT2D eigenvalue weighted by atomic mass is 32.2. The maximum Gasteiger partial charge on any atom is 0.373 e. The van der Waals surface area contributed by atoms with Gasteiger partial charge in [0.05, 0.1) is 16.8 Å². The number of thioether (sulfide) groups is 1. The second-order valence-corrected chi connectivity index (χ2v) is 4.54. The Morgan fingerprint density at radius 2 is 2.24 bits per heavy atom. The van der Waals surface area contributed by atoms with E-state index < -0.39 is 11.8 Å². The topological polar surface area (TPSA) is 83.1 Å². The summed E-state index contributed by atoms with van der Waals surface area (Å²) < 4.78 is 0. The van der Waals surface area contributed by atoms with E-state index in [4.69, 9.17) is 5.11 Å². The number of benzene rings is 1. The first-order chi connectivity index (χ1) is 8.06. The molecule has 0 atom stereocenters. The van der Waals surface area contributed by atoms with Crippen molar-refractivity contribution in [1.82, 2.24) is 9.97 Å². The van der Waals surface area contributed by atoms with Crippen molar-refractivity contribution in [2.75, 3.05) is 5.75 Å². The summed E-state index contributed by atoms with van der Waals surface area (Å²) >= 11 is 1.09. The van der Waals surface area contributed by atoms with E-state index in [1.165, 1.54) is 0 Å². The molecule has 0 aliphatic rings. The predicted molar refractivity (Wildman–Crippen MR) is 64.2 cm³/mol. The third-order valence-corrected chi connectivity index (χ3v) is 3.07. The van der Waals surface area contributed by atoms with Crippen molar-refractivity contribution in [3.63, 3.8) is 0 Å². The molecule has 0 aliphatic heterocycles. The summed E-state index contributed by atoms with van der Waals surface area (Å²) in [5.74, 6) is -2.36. The van der Waals surface area contributed by atoms with Crippen LogP contribution in [0, 0.1) is 6.92 Å². The lowest BCUT2D eigenvalue weighted by Gasteiger charge is -1.92. The first-order valence-electron chi connectivity index (χ1n) is 4.91. The number of fused-ring (bicyclic) bond motifs is 1. The molecule has 0 saturated carbocycles. The van der Waals surface area contributed by atoms with Crippen LogP contribution in [0.3, 0.4) is 0 Å². The third-order valence-electron chi connectivity index (χ3n) is 2.19. The molecule has 0 fully saturated rings. The maximum atomic E-state index is 10.9. The number of carboxylic acid groups (broad SMARTS) is 1. The summed E-state index contributed by atoms with van der Waals surface area (Å²) in [6.07, 6.45) is 0. The largest absolute Gasteiger partial charge is 0.475 e. The van der Waals surface area contributed by atoms with Gasteiger partial charge in [0.15, 0.2) is 5.16 Å². The Hall–Kier alpha value is -1.82. The fraction of sp³-hybridized carbons (Fsp3) is 0.182. The van der Waals surface area contributed by atoms with Gasteiger partial charge < -0.3 is 10.1 Å². The van der Waals surface area contributed by atoms with Crippen LogP contribution in [-0.2, 0) is 9.59 Å².